The molecular formula is C5H11NO2. The van der Waals surface area contributed by atoms with Crippen molar-refractivity contribution in [3.8, 4) is 0 Å². The second-order valence-corrected chi connectivity index (χ2v) is 2.10. The number of carbonyl (C=O) groups excluding carboxylic acids is 1. The van der Waals surface area contributed by atoms with E-state index in [1.807, 2.05) is 0 Å². The number of hydrogen-bond acceptors (Lipinski definition) is 3. The third-order valence-corrected chi connectivity index (χ3v) is 0.920. The molecule has 1 atom stereocenters. The Bertz CT molecular complexity index is 80.5. The van der Waals surface area contributed by atoms with Gasteiger partial charge in [-0.05, 0) is 13.3 Å². The lowest BCUT2D eigenvalue weighted by Crippen LogP contribution is -2.38. The molecule has 3 heteroatoms. The molecule has 0 radical (unpaired) electrons. The first-order chi connectivity index (χ1) is 3.62. The highest BCUT2D eigenvalue weighted by Crippen LogP contribution is 1.98. The Kier molecular flexibility index (Phi) is 2.65. The van der Waals surface area contributed by atoms with Crippen molar-refractivity contribution >= 4 is 6.29 Å². The Morgan fingerprint density at radius 1 is 1.88 bits per heavy atom. The van der Waals surface area contributed by atoms with Crippen LogP contribution in [0.4, 0.5) is 0 Å². The Balaban J connectivity index is 3.53. The molecule has 0 aromatic carbocycles. The van der Waals surface area contributed by atoms with Crippen LogP contribution < -0.4 is 5.73 Å². The molecule has 0 heterocycles. The number of hydrogen-bond donors (Lipinski definition) is 2. The van der Waals surface area contributed by atoms with Crippen LogP contribution >= 0.6 is 0 Å². The molecule has 8 heavy (non-hydrogen) atoms. The highest BCUT2D eigenvalue weighted by molar-refractivity contribution is 5.62. The number of rotatable bonds is 3. The van der Waals surface area contributed by atoms with Gasteiger partial charge in [-0.15, -0.1) is 0 Å². The van der Waals surface area contributed by atoms with Crippen molar-refractivity contribution in [3.05, 3.63) is 0 Å². The number of aliphatic hydroxyl groups is 1. The quantitative estimate of drug-likeness (QED) is 0.480. The van der Waals surface area contributed by atoms with Crippen LogP contribution in [-0.4, -0.2) is 23.5 Å². The molecule has 3 nitrogen and oxygen atoms in total. The molecule has 1 unspecified atom stereocenters. The maximum absolute atomic E-state index is 9.98. The summed E-state index contributed by atoms with van der Waals surface area (Å²) in [7, 11) is 0. The Labute approximate surface area is 48.5 Å². The third kappa shape index (κ3) is 2.71. The van der Waals surface area contributed by atoms with E-state index in [9.17, 15) is 4.79 Å². The fourth-order valence-corrected chi connectivity index (χ4v) is 0.300. The van der Waals surface area contributed by atoms with Crippen LogP contribution in [0.1, 0.15) is 13.3 Å². The van der Waals surface area contributed by atoms with Gasteiger partial charge in [-0.2, -0.15) is 0 Å². The summed E-state index contributed by atoms with van der Waals surface area (Å²) < 4.78 is 0. The molecule has 0 aliphatic rings. The van der Waals surface area contributed by atoms with Crippen LogP contribution in [0, 0.1) is 0 Å². The second kappa shape index (κ2) is 2.79. The molecule has 48 valence electrons. The highest BCUT2D eigenvalue weighted by atomic mass is 16.3. The molecule has 0 bridgehead atoms. The van der Waals surface area contributed by atoms with E-state index in [0.29, 0.717) is 12.7 Å². The summed E-state index contributed by atoms with van der Waals surface area (Å²) in [5, 5.41) is 8.29. The van der Waals surface area contributed by atoms with E-state index >= 15 is 0 Å². The van der Waals surface area contributed by atoms with Gasteiger partial charge in [0.15, 0.2) is 0 Å². The first kappa shape index (κ1) is 7.59. The van der Waals surface area contributed by atoms with Crippen LogP contribution in [-0.2, 0) is 4.79 Å². The zero-order chi connectivity index (χ0) is 6.62. The van der Waals surface area contributed by atoms with Crippen molar-refractivity contribution in [2.75, 3.05) is 6.61 Å². The van der Waals surface area contributed by atoms with Crippen molar-refractivity contribution in [1.29, 1.82) is 0 Å². The number of nitrogens with two attached hydrogens (primary N) is 1. The van der Waals surface area contributed by atoms with Gasteiger partial charge in [0.1, 0.15) is 6.29 Å². The van der Waals surface area contributed by atoms with E-state index in [2.05, 4.69) is 0 Å². The molecule has 0 aliphatic carbocycles. The van der Waals surface area contributed by atoms with Crippen LogP contribution in [0.2, 0.25) is 0 Å². The maximum Gasteiger partial charge on any atom is 0.139 e. The van der Waals surface area contributed by atoms with E-state index in [0.717, 1.165) is 0 Å². The minimum absolute atomic E-state index is 0.0360. The van der Waals surface area contributed by atoms with Gasteiger partial charge in [-0.1, -0.05) is 0 Å². The molecule has 3 N–H and O–H groups in total. The lowest BCUT2D eigenvalue weighted by atomic mass is 10.0. The molecule has 0 saturated heterocycles. The molecule has 0 fully saturated rings. The van der Waals surface area contributed by atoms with Gasteiger partial charge in [-0.3, -0.25) is 0 Å². The fraction of sp³-hybridized carbons (Fsp3) is 0.800. The zero-order valence-electron chi connectivity index (χ0n) is 4.92. The predicted octanol–water partition coefficient (Wildman–Crippen LogP) is -0.715. The van der Waals surface area contributed by atoms with E-state index < -0.39 is 5.54 Å². The summed E-state index contributed by atoms with van der Waals surface area (Å²) in [4.78, 5) is 9.98. The minimum Gasteiger partial charge on any atom is -0.396 e. The van der Waals surface area contributed by atoms with E-state index in [1.165, 1.54) is 0 Å². The molecule has 0 aliphatic heterocycles. The van der Waals surface area contributed by atoms with Crippen molar-refractivity contribution in [1.82, 2.24) is 0 Å². The number of carbonyl (C=O) groups is 1. The maximum atomic E-state index is 9.98. The average molecular weight is 117 g/mol. The molecule has 0 aromatic heterocycles. The lowest BCUT2D eigenvalue weighted by molar-refractivity contribution is -0.112. The van der Waals surface area contributed by atoms with E-state index in [1.54, 1.807) is 6.92 Å². The van der Waals surface area contributed by atoms with Crippen LogP contribution in [0.25, 0.3) is 0 Å². The lowest BCUT2D eigenvalue weighted by Gasteiger charge is -2.13. The standard InChI is InChI=1S/C5H11NO2/c1-5(6,4-8)2-3-7/h4,7H,2-3,6H2,1H3. The molecule has 0 amide bonds. The molecule has 0 rings (SSSR count). The normalized spacial score (nSPS) is 17.4. The van der Waals surface area contributed by atoms with Crippen LogP contribution in [0.15, 0.2) is 0 Å². The van der Waals surface area contributed by atoms with Crippen LogP contribution in [0.3, 0.4) is 0 Å². The summed E-state index contributed by atoms with van der Waals surface area (Å²) in [6, 6.07) is 0. The van der Waals surface area contributed by atoms with Gasteiger partial charge in [-0.25, -0.2) is 0 Å². The predicted molar refractivity (Wildman–Crippen MR) is 30.4 cm³/mol. The number of aldehydes is 1. The molecular weight excluding hydrogens is 106 g/mol. The molecule has 0 saturated carbocycles. The summed E-state index contributed by atoms with van der Waals surface area (Å²) in [5.41, 5.74) is 4.46. The second-order valence-electron chi connectivity index (χ2n) is 2.10. The fourth-order valence-electron chi connectivity index (χ4n) is 0.300. The molecule has 0 spiro atoms. The topological polar surface area (TPSA) is 63.3 Å². The van der Waals surface area contributed by atoms with Gasteiger partial charge in [0.2, 0.25) is 0 Å². The number of aliphatic hydroxyl groups excluding tert-OH is 1. The van der Waals surface area contributed by atoms with Gasteiger partial charge in [0.25, 0.3) is 0 Å². The van der Waals surface area contributed by atoms with E-state index in [-0.39, 0.29) is 6.61 Å². The minimum atomic E-state index is -0.839. The van der Waals surface area contributed by atoms with Crippen molar-refractivity contribution in [2.45, 2.75) is 18.9 Å². The zero-order valence-corrected chi connectivity index (χ0v) is 4.92. The summed E-state index contributed by atoms with van der Waals surface area (Å²) in [6.07, 6.45) is 0.972. The Morgan fingerprint density at radius 2 is 2.38 bits per heavy atom. The monoisotopic (exact) mass is 117 g/mol. The third-order valence-electron chi connectivity index (χ3n) is 0.920. The van der Waals surface area contributed by atoms with Crippen molar-refractivity contribution in [3.63, 3.8) is 0 Å². The highest BCUT2D eigenvalue weighted by Gasteiger charge is 2.14. The summed E-state index contributed by atoms with van der Waals surface area (Å²) in [6.45, 7) is 1.54. The van der Waals surface area contributed by atoms with Gasteiger partial charge < -0.3 is 15.6 Å². The first-order valence-electron chi connectivity index (χ1n) is 2.48. The van der Waals surface area contributed by atoms with Crippen LogP contribution in [0.5, 0.6) is 0 Å². The van der Waals surface area contributed by atoms with Gasteiger partial charge in [0, 0.05) is 6.61 Å². The van der Waals surface area contributed by atoms with E-state index in [4.69, 9.17) is 10.8 Å². The Morgan fingerprint density at radius 3 is 2.50 bits per heavy atom. The first-order valence-corrected chi connectivity index (χ1v) is 2.48. The Hall–Kier alpha value is -0.410. The SMILES string of the molecule is CC(N)(C=O)CCO. The smallest absolute Gasteiger partial charge is 0.139 e. The average Bonchev–Trinajstić information content (AvgIpc) is 1.67. The van der Waals surface area contributed by atoms with Crippen molar-refractivity contribution in [2.24, 2.45) is 5.73 Å². The summed E-state index contributed by atoms with van der Waals surface area (Å²) >= 11 is 0. The van der Waals surface area contributed by atoms with Crippen molar-refractivity contribution < 1.29 is 9.90 Å². The largest absolute Gasteiger partial charge is 0.396 e. The van der Waals surface area contributed by atoms with Gasteiger partial charge in [0.05, 0.1) is 5.54 Å². The summed E-state index contributed by atoms with van der Waals surface area (Å²) in [5.74, 6) is 0. The van der Waals surface area contributed by atoms with Gasteiger partial charge >= 0.3 is 0 Å². The molecule has 0 aromatic rings.